The number of halogens is 1. The topological polar surface area (TPSA) is 60.7 Å². The summed E-state index contributed by atoms with van der Waals surface area (Å²) in [5, 5.41) is 31.4. The second kappa shape index (κ2) is 5.62. The number of phenolic OH excluding ortho intramolecular Hbond substituents is 3. The number of hydrogen-bond donors (Lipinski definition) is 3. The SMILES string of the molecule is Oc1ccccc1/C=C\c1c(Cl)c(O)c2ccccc2c1O. The summed E-state index contributed by atoms with van der Waals surface area (Å²) in [6, 6.07) is 13.7. The van der Waals surface area contributed by atoms with Gasteiger partial charge in [0.15, 0.2) is 0 Å². The number of hydrogen-bond acceptors (Lipinski definition) is 3. The molecule has 0 aliphatic rings. The van der Waals surface area contributed by atoms with Crippen LogP contribution in [0.5, 0.6) is 17.2 Å². The molecule has 22 heavy (non-hydrogen) atoms. The molecule has 110 valence electrons. The Labute approximate surface area is 132 Å². The van der Waals surface area contributed by atoms with Gasteiger partial charge in [-0.1, -0.05) is 60.1 Å². The predicted octanol–water partition coefficient (Wildman–Crippen LogP) is 4.78. The number of fused-ring (bicyclic) bond motifs is 1. The molecule has 0 fully saturated rings. The van der Waals surface area contributed by atoms with Crippen LogP contribution in [0.2, 0.25) is 5.02 Å². The van der Waals surface area contributed by atoms with Crippen LogP contribution >= 0.6 is 11.6 Å². The number of rotatable bonds is 2. The van der Waals surface area contributed by atoms with Gasteiger partial charge in [-0.2, -0.15) is 0 Å². The van der Waals surface area contributed by atoms with Crippen molar-refractivity contribution < 1.29 is 15.3 Å². The summed E-state index contributed by atoms with van der Waals surface area (Å²) in [6.07, 6.45) is 3.20. The van der Waals surface area contributed by atoms with E-state index in [4.69, 9.17) is 11.6 Å². The molecule has 3 nitrogen and oxygen atoms in total. The van der Waals surface area contributed by atoms with Crippen molar-refractivity contribution in [2.45, 2.75) is 0 Å². The van der Waals surface area contributed by atoms with Gasteiger partial charge in [0.25, 0.3) is 0 Å². The largest absolute Gasteiger partial charge is 0.507 e. The molecule has 3 rings (SSSR count). The maximum Gasteiger partial charge on any atom is 0.142 e. The highest BCUT2D eigenvalue weighted by Crippen LogP contribution is 2.43. The van der Waals surface area contributed by atoms with Crippen molar-refractivity contribution in [3.63, 3.8) is 0 Å². The average molecular weight is 313 g/mol. The average Bonchev–Trinajstić information content (AvgIpc) is 2.54. The van der Waals surface area contributed by atoms with Crippen LogP contribution in [-0.2, 0) is 0 Å². The van der Waals surface area contributed by atoms with Gasteiger partial charge in [-0.05, 0) is 12.1 Å². The van der Waals surface area contributed by atoms with E-state index >= 15 is 0 Å². The van der Waals surface area contributed by atoms with Gasteiger partial charge in [0, 0.05) is 21.9 Å². The number of para-hydroxylation sites is 1. The van der Waals surface area contributed by atoms with Crippen LogP contribution in [0.25, 0.3) is 22.9 Å². The first-order valence-corrected chi connectivity index (χ1v) is 7.05. The lowest BCUT2D eigenvalue weighted by molar-refractivity contribution is 0.468. The lowest BCUT2D eigenvalue weighted by Gasteiger charge is -2.10. The van der Waals surface area contributed by atoms with E-state index in [0.717, 1.165) is 0 Å². The zero-order valence-electron chi connectivity index (χ0n) is 11.5. The predicted molar refractivity (Wildman–Crippen MR) is 89.3 cm³/mol. The normalized spacial score (nSPS) is 11.3. The third kappa shape index (κ3) is 2.36. The quantitative estimate of drug-likeness (QED) is 0.471. The van der Waals surface area contributed by atoms with Gasteiger partial charge >= 0.3 is 0 Å². The van der Waals surface area contributed by atoms with Gasteiger partial charge in [-0.3, -0.25) is 0 Å². The van der Waals surface area contributed by atoms with Gasteiger partial charge in [-0.15, -0.1) is 0 Å². The highest BCUT2D eigenvalue weighted by Gasteiger charge is 2.15. The summed E-state index contributed by atoms with van der Waals surface area (Å²) in [5.74, 6) is 0.0384. The summed E-state index contributed by atoms with van der Waals surface area (Å²) >= 11 is 6.16. The molecule has 0 aliphatic heterocycles. The van der Waals surface area contributed by atoms with Crippen LogP contribution < -0.4 is 0 Å². The fourth-order valence-corrected chi connectivity index (χ4v) is 2.60. The van der Waals surface area contributed by atoms with Crippen molar-refractivity contribution in [1.82, 2.24) is 0 Å². The van der Waals surface area contributed by atoms with Gasteiger partial charge in [0.1, 0.15) is 17.2 Å². The highest BCUT2D eigenvalue weighted by atomic mass is 35.5. The summed E-state index contributed by atoms with van der Waals surface area (Å²) in [7, 11) is 0. The Hall–Kier alpha value is -2.65. The van der Waals surface area contributed by atoms with Crippen LogP contribution in [0.4, 0.5) is 0 Å². The molecule has 4 heteroatoms. The van der Waals surface area contributed by atoms with E-state index in [-0.39, 0.29) is 22.3 Å². The van der Waals surface area contributed by atoms with Crippen molar-refractivity contribution in [3.05, 3.63) is 64.7 Å². The molecule has 0 aliphatic carbocycles. The maximum absolute atomic E-state index is 10.4. The number of benzene rings is 3. The second-order valence-corrected chi connectivity index (χ2v) is 5.24. The van der Waals surface area contributed by atoms with Crippen LogP contribution in [-0.4, -0.2) is 15.3 Å². The Morgan fingerprint density at radius 3 is 2.00 bits per heavy atom. The molecular weight excluding hydrogens is 300 g/mol. The summed E-state index contributed by atoms with van der Waals surface area (Å²) in [6.45, 7) is 0. The van der Waals surface area contributed by atoms with E-state index in [1.165, 1.54) is 0 Å². The van der Waals surface area contributed by atoms with E-state index in [1.807, 2.05) is 0 Å². The standard InChI is InChI=1S/C18H13ClO3/c19-16-14(10-9-11-5-1-4-8-15(11)20)17(21)12-6-2-3-7-13(12)18(16)22/h1-10,20-22H/b10-9-. The third-order valence-corrected chi connectivity index (χ3v) is 3.89. The molecule has 0 saturated carbocycles. The third-order valence-electron chi connectivity index (χ3n) is 3.50. The van der Waals surface area contributed by atoms with Gasteiger partial charge in [0.05, 0.1) is 5.02 Å². The molecule has 3 aromatic rings. The zero-order valence-corrected chi connectivity index (χ0v) is 12.2. The Morgan fingerprint density at radius 2 is 1.32 bits per heavy atom. The van der Waals surface area contributed by atoms with Crippen LogP contribution in [0.1, 0.15) is 11.1 Å². The monoisotopic (exact) mass is 312 g/mol. The first kappa shape index (κ1) is 14.3. The lowest BCUT2D eigenvalue weighted by Crippen LogP contribution is -1.84. The molecule has 0 bridgehead atoms. The molecule has 0 spiro atoms. The maximum atomic E-state index is 10.4. The van der Waals surface area contributed by atoms with E-state index in [9.17, 15) is 15.3 Å². The number of aromatic hydroxyl groups is 3. The summed E-state index contributed by atoms with van der Waals surface area (Å²) < 4.78 is 0. The van der Waals surface area contributed by atoms with E-state index in [2.05, 4.69) is 0 Å². The van der Waals surface area contributed by atoms with E-state index < -0.39 is 0 Å². The molecule has 0 radical (unpaired) electrons. The lowest BCUT2D eigenvalue weighted by atomic mass is 10.0. The first-order chi connectivity index (χ1) is 10.6. The van der Waals surface area contributed by atoms with Crippen LogP contribution in [0.15, 0.2) is 48.5 Å². The molecule has 3 aromatic carbocycles. The number of phenols is 3. The molecule has 0 heterocycles. The van der Waals surface area contributed by atoms with Crippen molar-refractivity contribution in [2.24, 2.45) is 0 Å². The Morgan fingerprint density at radius 1 is 0.727 bits per heavy atom. The Bertz CT molecular complexity index is 885. The van der Waals surface area contributed by atoms with E-state index in [1.54, 1.807) is 60.7 Å². The smallest absolute Gasteiger partial charge is 0.142 e. The minimum absolute atomic E-state index is 0.00919. The molecule has 0 aromatic heterocycles. The highest BCUT2D eigenvalue weighted by molar-refractivity contribution is 6.35. The van der Waals surface area contributed by atoms with Crippen molar-refractivity contribution >= 4 is 34.5 Å². The molecule has 0 unspecified atom stereocenters. The molecule has 3 N–H and O–H groups in total. The second-order valence-electron chi connectivity index (χ2n) is 4.86. The van der Waals surface area contributed by atoms with Crippen molar-refractivity contribution in [1.29, 1.82) is 0 Å². The fraction of sp³-hybridized carbons (Fsp3) is 0. The Balaban J connectivity index is 2.17. The fourth-order valence-electron chi connectivity index (χ4n) is 2.34. The van der Waals surface area contributed by atoms with Crippen molar-refractivity contribution in [3.8, 4) is 17.2 Å². The first-order valence-electron chi connectivity index (χ1n) is 6.68. The van der Waals surface area contributed by atoms with Crippen LogP contribution in [0.3, 0.4) is 0 Å². The zero-order chi connectivity index (χ0) is 15.7. The molecule has 0 saturated heterocycles. The summed E-state index contributed by atoms with van der Waals surface area (Å²) in [5.41, 5.74) is 0.895. The van der Waals surface area contributed by atoms with Crippen molar-refractivity contribution in [2.75, 3.05) is 0 Å². The van der Waals surface area contributed by atoms with E-state index in [0.29, 0.717) is 21.9 Å². The molecule has 0 amide bonds. The minimum atomic E-state index is -0.0769. The minimum Gasteiger partial charge on any atom is -0.507 e. The molecular formula is C18H13ClO3. The van der Waals surface area contributed by atoms with Gasteiger partial charge in [0.2, 0.25) is 0 Å². The Kier molecular flexibility index (Phi) is 3.65. The van der Waals surface area contributed by atoms with Crippen LogP contribution in [0, 0.1) is 0 Å². The van der Waals surface area contributed by atoms with Gasteiger partial charge in [-0.25, -0.2) is 0 Å². The molecule has 0 atom stereocenters. The summed E-state index contributed by atoms with van der Waals surface area (Å²) in [4.78, 5) is 0. The van der Waals surface area contributed by atoms with Gasteiger partial charge < -0.3 is 15.3 Å².